The lowest BCUT2D eigenvalue weighted by atomic mass is 10.0. The Balaban J connectivity index is 1.66. The van der Waals surface area contributed by atoms with Gasteiger partial charge in [0.2, 0.25) is 0 Å². The van der Waals surface area contributed by atoms with Crippen LogP contribution in [0.1, 0.15) is 86.3 Å². The maximum absolute atomic E-state index is 5.64. The van der Waals surface area contributed by atoms with Gasteiger partial charge in [0.05, 0.1) is 37.0 Å². The molecule has 0 unspecified atom stereocenters. The Labute approximate surface area is 259 Å². The van der Waals surface area contributed by atoms with Crippen LogP contribution in [-0.2, 0) is 12.8 Å². The predicted molar refractivity (Wildman–Crippen MR) is 184 cm³/mol. The number of hydrogen-bond donors (Lipinski definition) is 2. The summed E-state index contributed by atoms with van der Waals surface area (Å²) in [6.07, 6.45) is 17.6. The summed E-state index contributed by atoms with van der Waals surface area (Å²) in [5, 5.41) is 0. The summed E-state index contributed by atoms with van der Waals surface area (Å²) in [6.45, 7) is 4.49. The molecule has 0 radical (unpaired) electrons. The zero-order valence-corrected chi connectivity index (χ0v) is 26.3. The number of unbranched alkanes of at least 4 members (excludes halogenated alkanes) is 4. The van der Waals surface area contributed by atoms with Crippen LogP contribution in [0.5, 0.6) is 11.5 Å². The molecule has 8 bridgehead atoms. The van der Waals surface area contributed by atoms with E-state index in [4.69, 9.17) is 19.4 Å². The quantitative estimate of drug-likeness (QED) is 0.148. The number of hydrogen-bond acceptors (Lipinski definition) is 4. The van der Waals surface area contributed by atoms with Gasteiger partial charge in [-0.1, -0.05) is 39.5 Å². The van der Waals surface area contributed by atoms with Gasteiger partial charge in [0.1, 0.15) is 11.5 Å². The molecule has 2 aliphatic rings. The first-order valence-corrected chi connectivity index (χ1v) is 15.9. The van der Waals surface area contributed by atoms with E-state index in [-0.39, 0.29) is 0 Å². The number of nitrogens with zero attached hydrogens (tertiary/aromatic N) is 2. The van der Waals surface area contributed by atoms with Gasteiger partial charge in [-0.15, -0.1) is 0 Å². The number of aromatic nitrogens is 4. The molecule has 5 heterocycles. The molecule has 1 aromatic carbocycles. The maximum atomic E-state index is 5.64. The summed E-state index contributed by atoms with van der Waals surface area (Å²) in [4.78, 5) is 17.9. The van der Waals surface area contributed by atoms with Crippen LogP contribution in [0, 0.1) is 0 Å². The van der Waals surface area contributed by atoms with E-state index in [0.29, 0.717) is 0 Å². The molecule has 226 valence electrons. The van der Waals surface area contributed by atoms with Crippen molar-refractivity contribution in [1.29, 1.82) is 0 Å². The van der Waals surface area contributed by atoms with Crippen LogP contribution in [-0.4, -0.2) is 34.2 Å². The van der Waals surface area contributed by atoms with Crippen molar-refractivity contribution >= 4 is 46.4 Å². The minimum Gasteiger partial charge on any atom is -0.497 e. The average Bonchev–Trinajstić information content (AvgIpc) is 3.87. The first kappa shape index (κ1) is 29.5. The topological polar surface area (TPSA) is 75.8 Å². The van der Waals surface area contributed by atoms with Gasteiger partial charge in [-0.05, 0) is 98.0 Å². The number of aryl methyl sites for hydroxylation is 1. The third-order valence-electron chi connectivity index (χ3n) is 8.49. The lowest BCUT2D eigenvalue weighted by Gasteiger charge is -2.10. The Morgan fingerprint density at radius 3 is 1.80 bits per heavy atom. The van der Waals surface area contributed by atoms with Gasteiger partial charge in [-0.25, -0.2) is 9.97 Å². The molecule has 6 heteroatoms. The molecule has 0 fully saturated rings. The van der Waals surface area contributed by atoms with Gasteiger partial charge < -0.3 is 19.4 Å². The van der Waals surface area contributed by atoms with E-state index in [1.165, 1.54) is 30.4 Å². The number of benzene rings is 1. The van der Waals surface area contributed by atoms with Crippen LogP contribution in [0.25, 0.3) is 57.5 Å². The van der Waals surface area contributed by atoms with Crippen molar-refractivity contribution in [1.82, 2.24) is 19.9 Å². The van der Waals surface area contributed by atoms with E-state index in [1.54, 1.807) is 14.2 Å². The average molecular weight is 587 g/mol. The van der Waals surface area contributed by atoms with Crippen LogP contribution in [0.3, 0.4) is 0 Å². The van der Waals surface area contributed by atoms with E-state index in [9.17, 15) is 0 Å². The fourth-order valence-electron chi connectivity index (χ4n) is 6.11. The molecule has 0 aliphatic carbocycles. The molecule has 0 atom stereocenters. The Bertz CT molecular complexity index is 1850. The lowest BCUT2D eigenvalue weighted by Crippen LogP contribution is -1.96. The summed E-state index contributed by atoms with van der Waals surface area (Å²) in [7, 11) is 3.36. The zero-order valence-electron chi connectivity index (χ0n) is 26.3. The van der Waals surface area contributed by atoms with Crippen molar-refractivity contribution < 1.29 is 9.47 Å². The molecule has 6 rings (SSSR count). The van der Waals surface area contributed by atoms with Gasteiger partial charge in [0.15, 0.2) is 0 Å². The highest BCUT2D eigenvalue weighted by Gasteiger charge is 2.17. The summed E-state index contributed by atoms with van der Waals surface area (Å²) >= 11 is 0. The largest absolute Gasteiger partial charge is 0.497 e. The smallest absolute Gasteiger partial charge is 0.123 e. The zero-order chi connectivity index (χ0) is 30.5. The highest BCUT2D eigenvalue weighted by Crippen LogP contribution is 2.36. The van der Waals surface area contributed by atoms with E-state index in [1.807, 2.05) is 18.2 Å². The first-order valence-electron chi connectivity index (χ1n) is 15.9. The second-order valence-electron chi connectivity index (χ2n) is 11.6. The number of rotatable bonds is 11. The molecular weight excluding hydrogens is 544 g/mol. The fraction of sp³-hybridized carbons (Fsp3) is 0.316. The highest BCUT2D eigenvalue weighted by molar-refractivity contribution is 5.92. The van der Waals surface area contributed by atoms with Gasteiger partial charge in [-0.2, -0.15) is 0 Å². The molecule has 0 saturated carbocycles. The standard InChI is InChI=1S/C38H42N4O2/c1-5-7-9-10-12-31-32-15-13-26(39-32)23-27-14-16-36(40-27)38(25-21-28(43-3)24-29(22-25)44-4)37-20-19-35(42-37)30(11-8-6-2)33-17-18-34(31)41-33/h13-24,39-40H,5-12H2,1-4H3. The first-order chi connectivity index (χ1) is 21.6. The third kappa shape index (κ3) is 6.21. The van der Waals surface area contributed by atoms with E-state index in [0.717, 1.165) is 99.6 Å². The number of methoxy groups -OCH3 is 2. The SMILES string of the molecule is CCCCCCc1c2nc(c(CCCC)c3nc(c(-c4cc(OC)cc(OC)c4)c4ccc(cc5ccc1[nH]5)[nH]4)C=C3)C=C2. The van der Waals surface area contributed by atoms with Crippen LogP contribution < -0.4 is 9.47 Å². The number of nitrogens with one attached hydrogen (secondary N) is 2. The maximum Gasteiger partial charge on any atom is 0.123 e. The molecule has 6 nitrogen and oxygen atoms in total. The van der Waals surface area contributed by atoms with Gasteiger partial charge in [0.25, 0.3) is 0 Å². The van der Waals surface area contributed by atoms with E-state index < -0.39 is 0 Å². The van der Waals surface area contributed by atoms with E-state index in [2.05, 4.69) is 78.5 Å². The number of aromatic amines is 2. The fourth-order valence-corrected chi connectivity index (χ4v) is 6.11. The van der Waals surface area contributed by atoms with Crippen molar-refractivity contribution in [2.45, 2.75) is 65.2 Å². The van der Waals surface area contributed by atoms with Crippen LogP contribution in [0.15, 0.2) is 48.5 Å². The third-order valence-corrected chi connectivity index (χ3v) is 8.49. The van der Waals surface area contributed by atoms with Gasteiger partial charge in [-0.3, -0.25) is 0 Å². The van der Waals surface area contributed by atoms with Gasteiger partial charge >= 0.3 is 0 Å². The second-order valence-corrected chi connectivity index (χ2v) is 11.6. The Morgan fingerprint density at radius 2 is 1.14 bits per heavy atom. The number of ether oxygens (including phenoxy) is 2. The molecule has 0 amide bonds. The van der Waals surface area contributed by atoms with Crippen molar-refractivity contribution in [2.75, 3.05) is 14.2 Å². The van der Waals surface area contributed by atoms with Crippen molar-refractivity contribution in [3.8, 4) is 22.6 Å². The monoisotopic (exact) mass is 586 g/mol. The van der Waals surface area contributed by atoms with Crippen LogP contribution >= 0.6 is 0 Å². The van der Waals surface area contributed by atoms with Crippen LogP contribution in [0.4, 0.5) is 0 Å². The minimum atomic E-state index is 0.730. The van der Waals surface area contributed by atoms with Crippen molar-refractivity contribution in [2.24, 2.45) is 0 Å². The number of fused-ring (bicyclic) bond motifs is 8. The van der Waals surface area contributed by atoms with Crippen molar-refractivity contribution in [3.63, 3.8) is 0 Å². The lowest BCUT2D eigenvalue weighted by molar-refractivity contribution is 0.394. The molecule has 0 spiro atoms. The normalized spacial score (nSPS) is 12.2. The summed E-state index contributed by atoms with van der Waals surface area (Å²) in [6, 6.07) is 16.7. The Hall–Kier alpha value is -4.58. The second kappa shape index (κ2) is 13.4. The molecule has 2 aliphatic heterocycles. The molecule has 0 saturated heterocycles. The summed E-state index contributed by atoms with van der Waals surface area (Å²) < 4.78 is 11.3. The van der Waals surface area contributed by atoms with Crippen LogP contribution in [0.2, 0.25) is 0 Å². The Morgan fingerprint density at radius 1 is 0.568 bits per heavy atom. The molecular formula is C38H42N4O2. The summed E-state index contributed by atoms with van der Waals surface area (Å²) in [5.41, 5.74) is 12.5. The Kier molecular flexibility index (Phi) is 8.96. The minimum absolute atomic E-state index is 0.730. The predicted octanol–water partition coefficient (Wildman–Crippen LogP) is 9.81. The van der Waals surface area contributed by atoms with Crippen molar-refractivity contribution in [3.05, 3.63) is 82.4 Å². The van der Waals surface area contributed by atoms with Gasteiger partial charge in [0, 0.05) is 44.8 Å². The highest BCUT2D eigenvalue weighted by atomic mass is 16.5. The summed E-state index contributed by atoms with van der Waals surface area (Å²) in [5.74, 6) is 1.46. The molecule has 2 N–H and O–H groups in total. The molecule has 3 aromatic heterocycles. The molecule has 44 heavy (non-hydrogen) atoms. The van der Waals surface area contributed by atoms with E-state index >= 15 is 0 Å². The number of H-pyrrole nitrogens is 2. The molecule has 4 aromatic rings.